The van der Waals surface area contributed by atoms with Crippen LogP contribution in [0, 0.1) is 19.8 Å². The number of likely N-dealkylation sites (N-methyl/N-ethyl adjacent to an activating group) is 1. The van der Waals surface area contributed by atoms with E-state index in [9.17, 15) is 28.2 Å². The molecule has 3 aromatic rings. The van der Waals surface area contributed by atoms with E-state index in [-0.39, 0.29) is 58.6 Å². The number of fused-ring (bicyclic) bond motifs is 1. The molecule has 3 N–H and O–H groups in total. The van der Waals surface area contributed by atoms with E-state index in [0.29, 0.717) is 30.9 Å². The smallest absolute Gasteiger partial charge is 0.335 e. The van der Waals surface area contributed by atoms with Gasteiger partial charge in [-0.3, -0.25) is 14.4 Å². The Kier molecular flexibility index (Phi) is 9.78. The number of aromatic carboxylic acids is 1. The molecule has 12 nitrogen and oxygen atoms in total. The van der Waals surface area contributed by atoms with Gasteiger partial charge in [0, 0.05) is 36.8 Å². The number of carboxylic acids is 1. The molecule has 3 atom stereocenters. The number of aliphatic hydroxyl groups excluding tert-OH is 1. The SMILES string of the molecule is Cc1noc(C)c1S(=O)(=O)Nc1ccc2c(c1)CC(=O)N([C@H](C)CO)C[C@@H](C)[C@@H](CN(C)Cc1ccc(C(=O)O)cc1)O2. The fraction of sp³-hybridized carbons (Fsp3) is 0.433. The summed E-state index contributed by atoms with van der Waals surface area (Å²) >= 11 is 0. The van der Waals surface area contributed by atoms with Crippen molar-refractivity contribution < 1.29 is 37.5 Å². The molecule has 1 amide bonds. The van der Waals surface area contributed by atoms with Crippen LogP contribution in [0.3, 0.4) is 0 Å². The first-order valence-corrected chi connectivity index (χ1v) is 15.4. The zero-order valence-corrected chi connectivity index (χ0v) is 25.7. The van der Waals surface area contributed by atoms with Crippen molar-refractivity contribution in [3.05, 3.63) is 70.6 Å². The number of carbonyl (C=O) groups is 2. The zero-order chi connectivity index (χ0) is 31.5. The largest absolute Gasteiger partial charge is 0.488 e. The molecule has 2 heterocycles. The molecule has 232 valence electrons. The van der Waals surface area contributed by atoms with E-state index in [1.807, 2.05) is 14.0 Å². The van der Waals surface area contributed by atoms with Crippen LogP contribution in [0.5, 0.6) is 5.75 Å². The minimum Gasteiger partial charge on any atom is -0.488 e. The molecule has 4 rings (SSSR count). The lowest BCUT2D eigenvalue weighted by molar-refractivity contribution is -0.134. The van der Waals surface area contributed by atoms with Crippen LogP contribution in [0.1, 0.15) is 46.8 Å². The second-order valence-electron chi connectivity index (χ2n) is 11.2. The third kappa shape index (κ3) is 7.53. The maximum atomic E-state index is 13.5. The van der Waals surface area contributed by atoms with Crippen molar-refractivity contribution in [3.63, 3.8) is 0 Å². The number of aliphatic hydroxyl groups is 1. The van der Waals surface area contributed by atoms with Crippen LogP contribution in [-0.4, -0.2) is 84.4 Å². The highest BCUT2D eigenvalue weighted by atomic mass is 32.2. The minimum absolute atomic E-state index is 0.0409. The van der Waals surface area contributed by atoms with Crippen LogP contribution in [0.2, 0.25) is 0 Å². The summed E-state index contributed by atoms with van der Waals surface area (Å²) in [5.74, 6) is -0.695. The average molecular weight is 615 g/mol. The number of carbonyl (C=O) groups excluding carboxylic acids is 1. The molecule has 0 bridgehead atoms. The van der Waals surface area contributed by atoms with Crippen molar-refractivity contribution in [2.75, 3.05) is 31.5 Å². The number of ether oxygens (including phenoxy) is 1. The molecule has 0 fully saturated rings. The Balaban J connectivity index is 1.62. The van der Waals surface area contributed by atoms with Crippen molar-refractivity contribution in [2.24, 2.45) is 5.92 Å². The van der Waals surface area contributed by atoms with E-state index >= 15 is 0 Å². The molecule has 1 aliphatic heterocycles. The van der Waals surface area contributed by atoms with Crippen molar-refractivity contribution in [3.8, 4) is 5.75 Å². The number of hydrogen-bond donors (Lipinski definition) is 3. The normalized spacial score (nSPS) is 18.3. The zero-order valence-electron chi connectivity index (χ0n) is 24.9. The highest BCUT2D eigenvalue weighted by Gasteiger charge is 2.32. The van der Waals surface area contributed by atoms with E-state index in [2.05, 4.69) is 14.8 Å². The molecule has 1 aromatic heterocycles. The summed E-state index contributed by atoms with van der Waals surface area (Å²) in [7, 11) is -2.08. The van der Waals surface area contributed by atoms with Gasteiger partial charge in [0.1, 0.15) is 17.5 Å². The van der Waals surface area contributed by atoms with Gasteiger partial charge < -0.3 is 24.4 Å². The fourth-order valence-electron chi connectivity index (χ4n) is 5.21. The van der Waals surface area contributed by atoms with E-state index in [1.54, 1.807) is 61.2 Å². The first kappa shape index (κ1) is 32.0. The summed E-state index contributed by atoms with van der Waals surface area (Å²) in [4.78, 5) is 28.4. The number of rotatable bonds is 10. The Morgan fingerprint density at radius 2 is 1.91 bits per heavy atom. The van der Waals surface area contributed by atoms with Crippen LogP contribution in [0.25, 0.3) is 0 Å². The van der Waals surface area contributed by atoms with Crippen LogP contribution < -0.4 is 9.46 Å². The molecule has 2 aromatic carbocycles. The minimum atomic E-state index is -4.01. The van der Waals surface area contributed by atoms with E-state index in [0.717, 1.165) is 5.56 Å². The van der Waals surface area contributed by atoms with Gasteiger partial charge in [-0.25, -0.2) is 13.2 Å². The number of hydrogen-bond acceptors (Lipinski definition) is 9. The number of aryl methyl sites for hydroxylation is 2. The second kappa shape index (κ2) is 13.1. The number of nitrogens with one attached hydrogen (secondary N) is 1. The van der Waals surface area contributed by atoms with Crippen LogP contribution in [0.4, 0.5) is 5.69 Å². The highest BCUT2D eigenvalue weighted by Crippen LogP contribution is 2.31. The van der Waals surface area contributed by atoms with Crippen molar-refractivity contribution in [1.29, 1.82) is 0 Å². The van der Waals surface area contributed by atoms with Gasteiger partial charge >= 0.3 is 5.97 Å². The highest BCUT2D eigenvalue weighted by molar-refractivity contribution is 7.92. The van der Waals surface area contributed by atoms with Crippen molar-refractivity contribution >= 4 is 27.6 Å². The molecule has 0 saturated heterocycles. The lowest BCUT2D eigenvalue weighted by Crippen LogP contribution is -2.47. The summed E-state index contributed by atoms with van der Waals surface area (Å²) in [5.41, 5.74) is 2.14. The van der Waals surface area contributed by atoms with Crippen molar-refractivity contribution in [2.45, 2.75) is 57.7 Å². The fourth-order valence-corrected chi connectivity index (χ4v) is 6.59. The lowest BCUT2D eigenvalue weighted by atomic mass is 10.0. The topological polar surface area (TPSA) is 163 Å². The average Bonchev–Trinajstić information content (AvgIpc) is 3.31. The summed E-state index contributed by atoms with van der Waals surface area (Å²) in [6, 6.07) is 11.1. The predicted molar refractivity (Wildman–Crippen MR) is 159 cm³/mol. The number of benzene rings is 2. The number of sulfonamides is 1. The van der Waals surface area contributed by atoms with Gasteiger partial charge in [0.25, 0.3) is 10.0 Å². The monoisotopic (exact) mass is 614 g/mol. The van der Waals surface area contributed by atoms with Gasteiger partial charge in [0.15, 0.2) is 10.7 Å². The van der Waals surface area contributed by atoms with Gasteiger partial charge in [0.05, 0.1) is 24.6 Å². The first-order chi connectivity index (χ1) is 20.3. The molecule has 0 unspecified atom stereocenters. The number of amides is 1. The Labute approximate surface area is 251 Å². The molecule has 0 radical (unpaired) electrons. The van der Waals surface area contributed by atoms with Gasteiger partial charge in [-0.1, -0.05) is 24.2 Å². The van der Waals surface area contributed by atoms with E-state index in [1.165, 1.54) is 6.92 Å². The Morgan fingerprint density at radius 3 is 2.51 bits per heavy atom. The number of anilines is 1. The van der Waals surface area contributed by atoms with Gasteiger partial charge in [-0.2, -0.15) is 0 Å². The Hall–Kier alpha value is -3.94. The maximum absolute atomic E-state index is 13.5. The second-order valence-corrected chi connectivity index (χ2v) is 12.8. The third-order valence-corrected chi connectivity index (χ3v) is 9.18. The van der Waals surface area contributed by atoms with Gasteiger partial charge in [0.2, 0.25) is 5.91 Å². The van der Waals surface area contributed by atoms with Gasteiger partial charge in [-0.05, 0) is 63.7 Å². The quantitative estimate of drug-likeness (QED) is 0.309. The summed E-state index contributed by atoms with van der Waals surface area (Å²) < 4.78 is 40.4. The molecule has 13 heteroatoms. The first-order valence-electron chi connectivity index (χ1n) is 14.0. The maximum Gasteiger partial charge on any atom is 0.335 e. The third-order valence-electron chi connectivity index (χ3n) is 7.55. The molecule has 0 spiro atoms. The summed E-state index contributed by atoms with van der Waals surface area (Å²) in [6.07, 6.45) is -0.419. The Bertz CT molecular complexity index is 1550. The lowest BCUT2D eigenvalue weighted by Gasteiger charge is -2.34. The summed E-state index contributed by atoms with van der Waals surface area (Å²) in [6.45, 7) is 8.00. The number of nitrogens with zero attached hydrogens (tertiary/aromatic N) is 3. The van der Waals surface area contributed by atoms with Crippen LogP contribution in [0.15, 0.2) is 51.9 Å². The van der Waals surface area contributed by atoms with Crippen LogP contribution in [-0.2, 0) is 27.8 Å². The standard InChI is InChI=1S/C30H38N4O8S/c1-18-14-34(19(2)17-35)28(36)13-24-12-25(32-43(39,40)29-20(3)31-42-21(29)4)10-11-26(24)41-27(18)16-33(5)15-22-6-8-23(9-7-22)30(37)38/h6-12,18-19,27,32,35H,13-17H2,1-5H3,(H,37,38)/t18-,19-,27-/m1/s1. The predicted octanol–water partition coefficient (Wildman–Crippen LogP) is 3.07. The number of carboxylic acid groups (broad SMARTS) is 1. The van der Waals surface area contributed by atoms with Crippen molar-refractivity contribution in [1.82, 2.24) is 15.0 Å². The van der Waals surface area contributed by atoms with E-state index < -0.39 is 22.0 Å². The molecule has 0 aliphatic carbocycles. The molecule has 1 aliphatic rings. The van der Waals surface area contributed by atoms with Gasteiger partial charge in [-0.15, -0.1) is 0 Å². The molecule has 43 heavy (non-hydrogen) atoms. The summed E-state index contributed by atoms with van der Waals surface area (Å²) in [5, 5.41) is 22.8. The Morgan fingerprint density at radius 1 is 1.21 bits per heavy atom. The molecule has 0 saturated carbocycles. The molecular formula is C30H38N4O8S. The van der Waals surface area contributed by atoms with E-state index in [4.69, 9.17) is 9.26 Å². The van der Waals surface area contributed by atoms with Crippen LogP contribution >= 0.6 is 0 Å². The number of aromatic nitrogens is 1. The molecular weight excluding hydrogens is 576 g/mol.